The Labute approximate surface area is 183 Å². The minimum absolute atomic E-state index is 0.0770. The van der Waals surface area contributed by atoms with Gasteiger partial charge in [-0.15, -0.1) is 0 Å². The number of nitrogens with one attached hydrogen (secondary N) is 1. The van der Waals surface area contributed by atoms with Gasteiger partial charge in [0.25, 0.3) is 10.0 Å². The lowest BCUT2D eigenvalue weighted by atomic mass is 10.1. The van der Waals surface area contributed by atoms with E-state index in [2.05, 4.69) is 5.32 Å². The molecule has 0 bridgehead atoms. The highest BCUT2D eigenvalue weighted by Gasteiger charge is 2.27. The first-order valence-corrected chi connectivity index (χ1v) is 11.3. The van der Waals surface area contributed by atoms with Crippen LogP contribution in [0.1, 0.15) is 16.7 Å². The molecule has 0 aliphatic carbocycles. The number of hydrogen-bond donors (Lipinski definition) is 1. The van der Waals surface area contributed by atoms with Crippen molar-refractivity contribution in [3.05, 3.63) is 83.4 Å². The largest absolute Gasteiger partial charge is 0.497 e. The van der Waals surface area contributed by atoms with E-state index >= 15 is 0 Å². The number of carbonyl (C=O) groups is 1. The van der Waals surface area contributed by atoms with Gasteiger partial charge in [0.05, 0.1) is 17.7 Å². The number of ether oxygens (including phenoxy) is 1. The van der Waals surface area contributed by atoms with Crippen LogP contribution >= 0.6 is 0 Å². The Morgan fingerprint density at radius 2 is 1.52 bits per heavy atom. The van der Waals surface area contributed by atoms with Crippen LogP contribution in [0.25, 0.3) is 0 Å². The molecule has 1 amide bonds. The summed E-state index contributed by atoms with van der Waals surface area (Å²) >= 11 is 0. The molecule has 1 N–H and O–H groups in total. The zero-order valence-electron chi connectivity index (χ0n) is 18.0. The summed E-state index contributed by atoms with van der Waals surface area (Å²) in [7, 11) is -2.47. The molecule has 3 rings (SSSR count). The number of aryl methyl sites for hydroxylation is 3. The second-order valence-electron chi connectivity index (χ2n) is 7.39. The molecule has 3 aromatic rings. The summed E-state index contributed by atoms with van der Waals surface area (Å²) in [6.07, 6.45) is 0. The van der Waals surface area contributed by atoms with Crippen molar-refractivity contribution in [2.75, 3.05) is 23.3 Å². The third-order valence-electron chi connectivity index (χ3n) is 4.91. The highest BCUT2D eigenvalue weighted by Crippen LogP contribution is 2.26. The number of amides is 1. The van der Waals surface area contributed by atoms with Gasteiger partial charge in [0.1, 0.15) is 12.3 Å². The third-order valence-corrected chi connectivity index (χ3v) is 6.70. The van der Waals surface area contributed by atoms with Gasteiger partial charge >= 0.3 is 0 Å². The summed E-state index contributed by atoms with van der Waals surface area (Å²) in [4.78, 5) is 12.9. The van der Waals surface area contributed by atoms with Crippen molar-refractivity contribution in [2.24, 2.45) is 0 Å². The van der Waals surface area contributed by atoms with Crippen molar-refractivity contribution in [2.45, 2.75) is 25.7 Å². The molecule has 0 unspecified atom stereocenters. The van der Waals surface area contributed by atoms with E-state index in [4.69, 9.17) is 4.74 Å². The smallest absolute Gasteiger partial charge is 0.264 e. The Morgan fingerprint density at radius 3 is 2.10 bits per heavy atom. The fourth-order valence-electron chi connectivity index (χ4n) is 3.18. The Morgan fingerprint density at radius 1 is 0.903 bits per heavy atom. The minimum Gasteiger partial charge on any atom is -0.497 e. The SMILES string of the molecule is COc1ccc(S(=O)(=O)N(CC(=O)Nc2ccc(C)cc2C)c2ccc(C)cc2)cc1. The van der Waals surface area contributed by atoms with Crippen molar-refractivity contribution in [3.8, 4) is 5.75 Å². The maximum Gasteiger partial charge on any atom is 0.264 e. The van der Waals surface area contributed by atoms with Crippen molar-refractivity contribution in [1.82, 2.24) is 0 Å². The molecule has 0 saturated carbocycles. The molecule has 0 aliphatic rings. The summed E-state index contributed by atoms with van der Waals surface area (Å²) in [5.41, 5.74) is 4.05. The van der Waals surface area contributed by atoms with Crippen molar-refractivity contribution in [1.29, 1.82) is 0 Å². The Hall–Kier alpha value is -3.32. The second kappa shape index (κ2) is 9.22. The van der Waals surface area contributed by atoms with Crippen molar-refractivity contribution in [3.63, 3.8) is 0 Å². The van der Waals surface area contributed by atoms with Gasteiger partial charge in [-0.3, -0.25) is 9.10 Å². The first-order chi connectivity index (χ1) is 14.7. The molecule has 31 heavy (non-hydrogen) atoms. The number of hydrogen-bond acceptors (Lipinski definition) is 4. The van der Waals surface area contributed by atoms with Gasteiger partial charge in [0.15, 0.2) is 0 Å². The molecule has 0 fully saturated rings. The van der Waals surface area contributed by atoms with Crippen LogP contribution in [0, 0.1) is 20.8 Å². The molecule has 0 spiro atoms. The average Bonchev–Trinajstić information content (AvgIpc) is 2.75. The number of rotatable bonds is 7. The lowest BCUT2D eigenvalue weighted by molar-refractivity contribution is -0.114. The van der Waals surface area contributed by atoms with E-state index in [1.54, 1.807) is 24.3 Å². The molecule has 0 aromatic heterocycles. The van der Waals surface area contributed by atoms with Gasteiger partial charge in [0.2, 0.25) is 5.91 Å². The lowest BCUT2D eigenvalue weighted by Gasteiger charge is -2.24. The zero-order chi connectivity index (χ0) is 22.6. The monoisotopic (exact) mass is 438 g/mol. The highest BCUT2D eigenvalue weighted by atomic mass is 32.2. The minimum atomic E-state index is -3.98. The van der Waals surface area contributed by atoms with E-state index in [1.807, 2.05) is 51.1 Å². The van der Waals surface area contributed by atoms with E-state index < -0.39 is 15.9 Å². The van der Waals surface area contributed by atoms with E-state index in [1.165, 1.54) is 19.2 Å². The molecule has 0 aliphatic heterocycles. The Balaban J connectivity index is 1.94. The van der Waals surface area contributed by atoms with Gasteiger partial charge in [0, 0.05) is 5.69 Å². The summed E-state index contributed by atoms with van der Waals surface area (Å²) in [6, 6.07) is 18.8. The van der Waals surface area contributed by atoms with Gasteiger partial charge in [-0.2, -0.15) is 0 Å². The molecule has 0 heterocycles. The zero-order valence-corrected chi connectivity index (χ0v) is 18.9. The van der Waals surface area contributed by atoms with Gasteiger partial charge in [-0.05, 0) is 68.8 Å². The van der Waals surface area contributed by atoms with Gasteiger partial charge in [-0.1, -0.05) is 35.4 Å². The molecular weight excluding hydrogens is 412 g/mol. The van der Waals surface area contributed by atoms with E-state index in [-0.39, 0.29) is 11.4 Å². The highest BCUT2D eigenvalue weighted by molar-refractivity contribution is 7.92. The summed E-state index contributed by atoms with van der Waals surface area (Å²) in [5, 5.41) is 2.83. The molecule has 3 aromatic carbocycles. The summed E-state index contributed by atoms with van der Waals surface area (Å²) in [5.74, 6) is 0.123. The number of methoxy groups -OCH3 is 1. The van der Waals surface area contributed by atoms with Crippen LogP contribution in [0.4, 0.5) is 11.4 Å². The Kier molecular flexibility index (Phi) is 6.65. The molecule has 162 valence electrons. The number of anilines is 2. The van der Waals surface area contributed by atoms with E-state index in [0.717, 1.165) is 21.0 Å². The van der Waals surface area contributed by atoms with Crippen LogP contribution in [-0.2, 0) is 14.8 Å². The van der Waals surface area contributed by atoms with Crippen LogP contribution < -0.4 is 14.4 Å². The van der Waals surface area contributed by atoms with Crippen LogP contribution in [-0.4, -0.2) is 28.0 Å². The van der Waals surface area contributed by atoms with Gasteiger partial charge < -0.3 is 10.1 Å². The maximum absolute atomic E-state index is 13.4. The fourth-order valence-corrected chi connectivity index (χ4v) is 4.60. The molecule has 0 atom stereocenters. The molecule has 7 heteroatoms. The number of benzene rings is 3. The molecule has 0 saturated heterocycles. The standard InChI is InChI=1S/C24H26N2O4S/c1-17-5-8-20(9-6-17)26(31(28,29)22-12-10-21(30-4)11-13-22)16-24(27)25-23-14-7-18(2)15-19(23)3/h5-15H,16H2,1-4H3,(H,25,27). The van der Waals surface area contributed by atoms with Crippen LogP contribution in [0.15, 0.2) is 71.6 Å². The number of sulfonamides is 1. The topological polar surface area (TPSA) is 75.7 Å². The third kappa shape index (κ3) is 5.24. The maximum atomic E-state index is 13.4. The number of nitrogens with zero attached hydrogens (tertiary/aromatic N) is 1. The average molecular weight is 439 g/mol. The first-order valence-electron chi connectivity index (χ1n) is 9.81. The van der Waals surface area contributed by atoms with Crippen LogP contribution in [0.3, 0.4) is 0 Å². The van der Waals surface area contributed by atoms with E-state index in [0.29, 0.717) is 17.1 Å². The van der Waals surface area contributed by atoms with Crippen LogP contribution in [0.2, 0.25) is 0 Å². The number of carbonyl (C=O) groups excluding carboxylic acids is 1. The predicted molar refractivity (Wildman–Crippen MR) is 123 cm³/mol. The van der Waals surface area contributed by atoms with Crippen molar-refractivity contribution >= 4 is 27.3 Å². The van der Waals surface area contributed by atoms with Gasteiger partial charge in [-0.25, -0.2) is 8.42 Å². The second-order valence-corrected chi connectivity index (χ2v) is 9.25. The Bertz CT molecular complexity index is 1170. The predicted octanol–water partition coefficient (Wildman–Crippen LogP) is 4.45. The van der Waals surface area contributed by atoms with Crippen LogP contribution in [0.5, 0.6) is 5.75 Å². The lowest BCUT2D eigenvalue weighted by Crippen LogP contribution is -2.38. The quantitative estimate of drug-likeness (QED) is 0.591. The summed E-state index contributed by atoms with van der Waals surface area (Å²) < 4.78 is 33.1. The summed E-state index contributed by atoms with van der Waals surface area (Å²) in [6.45, 7) is 5.43. The van der Waals surface area contributed by atoms with E-state index in [9.17, 15) is 13.2 Å². The van der Waals surface area contributed by atoms with Crippen molar-refractivity contribution < 1.29 is 17.9 Å². The molecule has 6 nitrogen and oxygen atoms in total. The molecular formula is C24H26N2O4S. The normalized spacial score (nSPS) is 11.1. The first kappa shape index (κ1) is 22.4. The molecule has 0 radical (unpaired) electrons. The fraction of sp³-hybridized carbons (Fsp3) is 0.208.